The van der Waals surface area contributed by atoms with Gasteiger partial charge in [-0.3, -0.25) is 0 Å². The number of hydrogen-bond donors (Lipinski definition) is 1. The van der Waals surface area contributed by atoms with Crippen LogP contribution < -0.4 is 5.32 Å². The van der Waals surface area contributed by atoms with E-state index in [2.05, 4.69) is 67.7 Å². The lowest BCUT2D eigenvalue weighted by Crippen LogP contribution is -2.30. The van der Waals surface area contributed by atoms with Crippen LogP contribution in [0.2, 0.25) is 0 Å². The Kier molecular flexibility index (Phi) is 5.34. The fourth-order valence-electron chi connectivity index (χ4n) is 2.08. The summed E-state index contributed by atoms with van der Waals surface area (Å²) in [6.07, 6.45) is 1.05. The van der Waals surface area contributed by atoms with Gasteiger partial charge in [0, 0.05) is 19.3 Å². The highest BCUT2D eigenvalue weighted by atomic mass is 32.1. The van der Waals surface area contributed by atoms with E-state index in [4.69, 9.17) is 12.2 Å². The molecular weight excluding hydrogens is 276 g/mol. The van der Waals surface area contributed by atoms with Crippen LogP contribution in [-0.4, -0.2) is 17.1 Å². The second-order valence-corrected chi connectivity index (χ2v) is 5.71. The van der Waals surface area contributed by atoms with Crippen LogP contribution in [0.3, 0.4) is 0 Å². The largest absolute Gasteiger partial charge is 0.348 e. The molecule has 0 heterocycles. The number of anilines is 1. The molecule has 1 N–H and O–H groups in total. The van der Waals surface area contributed by atoms with Crippen molar-refractivity contribution in [3.8, 4) is 0 Å². The monoisotopic (exact) mass is 298 g/mol. The first-order chi connectivity index (χ1) is 10.1. The minimum Gasteiger partial charge on any atom is -0.348 e. The van der Waals surface area contributed by atoms with E-state index in [1.165, 1.54) is 16.7 Å². The zero-order chi connectivity index (χ0) is 15.2. The maximum absolute atomic E-state index is 5.46. The third-order valence-corrected chi connectivity index (χ3v) is 3.91. The van der Waals surface area contributed by atoms with Gasteiger partial charge >= 0.3 is 0 Å². The maximum atomic E-state index is 5.46. The van der Waals surface area contributed by atoms with Crippen molar-refractivity contribution in [1.29, 1.82) is 0 Å². The van der Waals surface area contributed by atoms with Gasteiger partial charge in [0.25, 0.3) is 0 Å². The summed E-state index contributed by atoms with van der Waals surface area (Å²) in [5, 5.41) is 4.02. The molecule has 0 saturated heterocycles. The molecule has 2 aromatic carbocycles. The van der Waals surface area contributed by atoms with Crippen LogP contribution in [0.5, 0.6) is 0 Å². The highest BCUT2D eigenvalue weighted by Crippen LogP contribution is 2.12. The fraction of sp³-hybridized carbons (Fsp3) is 0.278. The summed E-state index contributed by atoms with van der Waals surface area (Å²) < 4.78 is 0. The summed E-state index contributed by atoms with van der Waals surface area (Å²) in [6, 6.07) is 17.0. The first-order valence-electron chi connectivity index (χ1n) is 7.25. The molecule has 0 aromatic heterocycles. The molecule has 0 unspecified atom stereocenters. The molecule has 110 valence electrons. The van der Waals surface area contributed by atoms with Gasteiger partial charge in [0.15, 0.2) is 5.11 Å². The van der Waals surface area contributed by atoms with Crippen molar-refractivity contribution in [3.63, 3.8) is 0 Å². The van der Waals surface area contributed by atoms with E-state index < -0.39 is 0 Å². The van der Waals surface area contributed by atoms with Crippen molar-refractivity contribution >= 4 is 23.0 Å². The molecule has 0 bridgehead atoms. The van der Waals surface area contributed by atoms with Crippen LogP contribution in [0.4, 0.5) is 5.69 Å². The average Bonchev–Trinajstić information content (AvgIpc) is 2.50. The Hall–Kier alpha value is -1.87. The van der Waals surface area contributed by atoms with Crippen molar-refractivity contribution in [3.05, 3.63) is 65.2 Å². The van der Waals surface area contributed by atoms with Gasteiger partial charge in [0.1, 0.15) is 0 Å². The van der Waals surface area contributed by atoms with Gasteiger partial charge in [-0.05, 0) is 48.8 Å². The lowest BCUT2D eigenvalue weighted by atomic mass is 10.1. The lowest BCUT2D eigenvalue weighted by Gasteiger charge is -2.21. The van der Waals surface area contributed by atoms with Gasteiger partial charge in [-0.25, -0.2) is 0 Å². The van der Waals surface area contributed by atoms with E-state index in [0.717, 1.165) is 23.8 Å². The van der Waals surface area contributed by atoms with Gasteiger partial charge in [0.2, 0.25) is 0 Å². The number of aryl methyl sites for hydroxylation is 2. The van der Waals surface area contributed by atoms with Gasteiger partial charge < -0.3 is 10.2 Å². The molecule has 2 aromatic rings. The van der Waals surface area contributed by atoms with Gasteiger partial charge in [-0.1, -0.05) is 48.9 Å². The Balaban J connectivity index is 1.93. The number of rotatable bonds is 4. The van der Waals surface area contributed by atoms with Gasteiger partial charge in [-0.2, -0.15) is 0 Å². The van der Waals surface area contributed by atoms with E-state index in [1.807, 2.05) is 11.9 Å². The molecule has 0 fully saturated rings. The van der Waals surface area contributed by atoms with Crippen LogP contribution in [0.15, 0.2) is 48.5 Å². The standard InChI is InChI=1S/C18H22N2S/c1-4-15-9-11-17(12-10-15)19-18(21)20(3)13-16-7-5-14(2)6-8-16/h5-12H,4,13H2,1-3H3,(H,19,21). The Bertz CT molecular complexity index is 588. The highest BCUT2D eigenvalue weighted by molar-refractivity contribution is 7.80. The molecule has 0 atom stereocenters. The minimum atomic E-state index is 0.736. The number of hydrogen-bond acceptors (Lipinski definition) is 1. The summed E-state index contributed by atoms with van der Waals surface area (Å²) in [5.74, 6) is 0. The summed E-state index contributed by atoms with van der Waals surface area (Å²) in [7, 11) is 2.01. The second-order valence-electron chi connectivity index (χ2n) is 5.32. The first kappa shape index (κ1) is 15.5. The molecule has 21 heavy (non-hydrogen) atoms. The summed E-state index contributed by atoms with van der Waals surface area (Å²) >= 11 is 5.46. The third kappa shape index (κ3) is 4.57. The van der Waals surface area contributed by atoms with E-state index >= 15 is 0 Å². The predicted octanol–water partition coefficient (Wildman–Crippen LogP) is 4.39. The molecule has 0 spiro atoms. The van der Waals surface area contributed by atoms with Crippen LogP contribution in [0, 0.1) is 6.92 Å². The Morgan fingerprint density at radius 1 is 1.00 bits per heavy atom. The van der Waals surface area contributed by atoms with Crippen molar-refractivity contribution in [2.45, 2.75) is 26.8 Å². The Labute approximate surface area is 132 Å². The molecule has 0 aliphatic rings. The average molecular weight is 298 g/mol. The van der Waals surface area contributed by atoms with E-state index in [-0.39, 0.29) is 0 Å². The molecular formula is C18H22N2S. The van der Waals surface area contributed by atoms with Crippen molar-refractivity contribution in [1.82, 2.24) is 4.90 Å². The topological polar surface area (TPSA) is 15.3 Å². The number of nitrogens with one attached hydrogen (secondary N) is 1. The molecule has 2 rings (SSSR count). The van der Waals surface area contributed by atoms with Crippen LogP contribution in [0.25, 0.3) is 0 Å². The molecule has 0 amide bonds. The summed E-state index contributed by atoms with van der Waals surface area (Å²) in [6.45, 7) is 5.06. The third-order valence-electron chi connectivity index (χ3n) is 3.50. The first-order valence-corrected chi connectivity index (χ1v) is 7.66. The van der Waals surface area contributed by atoms with Crippen LogP contribution in [0.1, 0.15) is 23.6 Å². The minimum absolute atomic E-state index is 0.736. The van der Waals surface area contributed by atoms with Gasteiger partial charge in [-0.15, -0.1) is 0 Å². The molecule has 0 aliphatic heterocycles. The maximum Gasteiger partial charge on any atom is 0.173 e. The Morgan fingerprint density at radius 2 is 1.57 bits per heavy atom. The SMILES string of the molecule is CCc1ccc(NC(=S)N(C)Cc2ccc(C)cc2)cc1. The normalized spacial score (nSPS) is 10.2. The quantitative estimate of drug-likeness (QED) is 0.843. The van der Waals surface area contributed by atoms with E-state index in [9.17, 15) is 0 Å². The molecule has 0 aliphatic carbocycles. The summed E-state index contributed by atoms with van der Waals surface area (Å²) in [4.78, 5) is 2.05. The number of thiocarbonyl (C=S) groups is 1. The second kappa shape index (κ2) is 7.23. The Morgan fingerprint density at radius 3 is 2.14 bits per heavy atom. The van der Waals surface area contributed by atoms with Crippen LogP contribution in [-0.2, 0) is 13.0 Å². The van der Waals surface area contributed by atoms with Crippen molar-refractivity contribution < 1.29 is 0 Å². The number of nitrogens with zero attached hydrogens (tertiary/aromatic N) is 1. The molecule has 0 radical (unpaired) electrons. The molecule has 3 heteroatoms. The van der Waals surface area contributed by atoms with Crippen LogP contribution >= 0.6 is 12.2 Å². The van der Waals surface area contributed by atoms with Gasteiger partial charge in [0.05, 0.1) is 0 Å². The van der Waals surface area contributed by atoms with Crippen molar-refractivity contribution in [2.75, 3.05) is 12.4 Å². The van der Waals surface area contributed by atoms with E-state index in [1.54, 1.807) is 0 Å². The smallest absolute Gasteiger partial charge is 0.173 e. The molecule has 0 saturated carbocycles. The van der Waals surface area contributed by atoms with E-state index in [0.29, 0.717) is 0 Å². The van der Waals surface area contributed by atoms with Crippen molar-refractivity contribution in [2.24, 2.45) is 0 Å². The summed E-state index contributed by atoms with van der Waals surface area (Å²) in [5.41, 5.74) is 4.90. The predicted molar refractivity (Wildman–Crippen MR) is 94.7 cm³/mol. The lowest BCUT2D eigenvalue weighted by molar-refractivity contribution is 0.508. The zero-order valence-corrected chi connectivity index (χ0v) is 13.7. The zero-order valence-electron chi connectivity index (χ0n) is 12.9. The number of benzene rings is 2. The highest BCUT2D eigenvalue weighted by Gasteiger charge is 2.05. The molecule has 2 nitrogen and oxygen atoms in total. The fourth-order valence-corrected chi connectivity index (χ4v) is 2.26.